The molecule has 0 unspecified atom stereocenters. The number of Topliss-reactive ketones (excluding diaryl/α,β-unsaturated/α-hetero) is 1. The molecule has 3 nitrogen and oxygen atoms in total. The van der Waals surface area contributed by atoms with E-state index in [-0.39, 0.29) is 17.5 Å². The summed E-state index contributed by atoms with van der Waals surface area (Å²) in [7, 11) is -2.86. The van der Waals surface area contributed by atoms with Crippen LogP contribution in [0.25, 0.3) is 0 Å². The van der Waals surface area contributed by atoms with E-state index in [4.69, 9.17) is 0 Å². The molecule has 0 atom stereocenters. The van der Waals surface area contributed by atoms with Crippen molar-refractivity contribution in [2.75, 3.05) is 12.0 Å². The molecule has 0 saturated heterocycles. The zero-order valence-corrected chi connectivity index (χ0v) is 6.65. The molecule has 0 spiro atoms. The number of ketones is 1. The Labute approximate surface area is 60.3 Å². The maximum absolute atomic E-state index is 10.6. The van der Waals surface area contributed by atoms with Crippen molar-refractivity contribution < 1.29 is 13.2 Å². The fraction of sp³-hybridized carbons (Fsp3) is 0.833. The minimum atomic E-state index is -2.86. The Balaban J connectivity index is 2.36. The van der Waals surface area contributed by atoms with E-state index in [0.29, 0.717) is 12.8 Å². The second kappa shape index (κ2) is 2.34. The summed E-state index contributed by atoms with van der Waals surface area (Å²) in [6.45, 7) is 0. The Kier molecular flexibility index (Phi) is 1.81. The molecule has 58 valence electrons. The summed E-state index contributed by atoms with van der Waals surface area (Å²) in [6.07, 6.45) is 2.13. The van der Waals surface area contributed by atoms with Crippen molar-refractivity contribution in [3.8, 4) is 0 Å². The number of carbonyl (C=O) groups is 1. The molecule has 0 N–H and O–H groups in total. The first-order valence-corrected chi connectivity index (χ1v) is 5.23. The molecule has 0 aromatic rings. The second-order valence-corrected chi connectivity index (χ2v) is 5.09. The van der Waals surface area contributed by atoms with Gasteiger partial charge in [0, 0.05) is 19.1 Å². The fourth-order valence-corrected chi connectivity index (χ4v) is 2.22. The molecule has 0 amide bonds. The van der Waals surface area contributed by atoms with Crippen LogP contribution in [0, 0.1) is 5.92 Å². The zero-order valence-electron chi connectivity index (χ0n) is 5.83. The SMILES string of the molecule is CS(=O)(=O)CC1CC(=O)C1. The van der Waals surface area contributed by atoms with Crippen molar-refractivity contribution in [3.63, 3.8) is 0 Å². The standard InChI is InChI=1S/C6H10O3S/c1-10(8,9)4-5-2-6(7)3-5/h5H,2-4H2,1H3. The van der Waals surface area contributed by atoms with Gasteiger partial charge in [-0.25, -0.2) is 8.42 Å². The third-order valence-electron chi connectivity index (χ3n) is 1.57. The van der Waals surface area contributed by atoms with E-state index in [1.165, 1.54) is 6.26 Å². The molecular weight excluding hydrogens is 152 g/mol. The van der Waals surface area contributed by atoms with Crippen molar-refractivity contribution >= 4 is 15.6 Å². The first-order chi connectivity index (χ1) is 4.47. The van der Waals surface area contributed by atoms with Crippen LogP contribution in [0.2, 0.25) is 0 Å². The molecule has 1 aliphatic rings. The van der Waals surface area contributed by atoms with Gasteiger partial charge in [0.05, 0.1) is 5.75 Å². The highest BCUT2D eigenvalue weighted by Crippen LogP contribution is 2.23. The van der Waals surface area contributed by atoms with E-state index in [1.54, 1.807) is 0 Å². The number of hydrogen-bond acceptors (Lipinski definition) is 3. The minimum absolute atomic E-state index is 0.113. The Bertz CT molecular complexity index is 232. The smallest absolute Gasteiger partial charge is 0.147 e. The predicted molar refractivity (Wildman–Crippen MR) is 37.4 cm³/mol. The van der Waals surface area contributed by atoms with E-state index >= 15 is 0 Å². The van der Waals surface area contributed by atoms with Gasteiger partial charge >= 0.3 is 0 Å². The van der Waals surface area contributed by atoms with Crippen LogP contribution < -0.4 is 0 Å². The molecule has 0 radical (unpaired) electrons. The van der Waals surface area contributed by atoms with Gasteiger partial charge in [-0.1, -0.05) is 0 Å². The molecule has 4 heteroatoms. The lowest BCUT2D eigenvalue weighted by molar-refractivity contribution is -0.126. The topological polar surface area (TPSA) is 51.2 Å². The third-order valence-corrected chi connectivity index (χ3v) is 2.65. The Hall–Kier alpha value is -0.380. The third kappa shape index (κ3) is 2.10. The quantitative estimate of drug-likeness (QED) is 0.574. The van der Waals surface area contributed by atoms with Crippen LogP contribution in [0.5, 0.6) is 0 Å². The highest BCUT2D eigenvalue weighted by molar-refractivity contribution is 7.90. The van der Waals surface area contributed by atoms with Crippen LogP contribution in [0.15, 0.2) is 0 Å². The van der Waals surface area contributed by atoms with Crippen LogP contribution in [0.1, 0.15) is 12.8 Å². The highest BCUT2D eigenvalue weighted by atomic mass is 32.2. The Morgan fingerprint density at radius 1 is 1.50 bits per heavy atom. The number of carbonyl (C=O) groups excluding carboxylic acids is 1. The summed E-state index contributed by atoms with van der Waals surface area (Å²) in [6, 6.07) is 0. The Morgan fingerprint density at radius 2 is 2.00 bits per heavy atom. The van der Waals surface area contributed by atoms with E-state index in [0.717, 1.165) is 0 Å². The van der Waals surface area contributed by atoms with Gasteiger partial charge in [0.1, 0.15) is 15.6 Å². The molecule has 0 bridgehead atoms. The normalized spacial score (nSPS) is 20.7. The average molecular weight is 162 g/mol. The van der Waals surface area contributed by atoms with Gasteiger partial charge in [0.15, 0.2) is 0 Å². The van der Waals surface area contributed by atoms with E-state index in [9.17, 15) is 13.2 Å². The molecule has 1 aliphatic carbocycles. The number of hydrogen-bond donors (Lipinski definition) is 0. The molecule has 1 fully saturated rings. The summed E-state index contributed by atoms with van der Waals surface area (Å²) in [5, 5.41) is 0. The van der Waals surface area contributed by atoms with Crippen LogP contribution in [0.4, 0.5) is 0 Å². The predicted octanol–water partition coefficient (Wildman–Crippen LogP) is 0.0101. The molecule has 1 rings (SSSR count). The lowest BCUT2D eigenvalue weighted by Gasteiger charge is -2.22. The van der Waals surface area contributed by atoms with Gasteiger partial charge in [-0.05, 0) is 5.92 Å². The van der Waals surface area contributed by atoms with Crippen molar-refractivity contribution in [1.29, 1.82) is 0 Å². The monoisotopic (exact) mass is 162 g/mol. The molecular formula is C6H10O3S. The average Bonchev–Trinajstić information content (AvgIpc) is 1.57. The van der Waals surface area contributed by atoms with E-state index in [2.05, 4.69) is 0 Å². The van der Waals surface area contributed by atoms with Gasteiger partial charge in [0.25, 0.3) is 0 Å². The van der Waals surface area contributed by atoms with Crippen LogP contribution in [-0.4, -0.2) is 26.2 Å². The Morgan fingerprint density at radius 3 is 2.30 bits per heavy atom. The summed E-state index contributed by atoms with van der Waals surface area (Å²) >= 11 is 0. The van der Waals surface area contributed by atoms with Gasteiger partial charge in [-0.3, -0.25) is 4.79 Å². The largest absolute Gasteiger partial charge is 0.300 e. The maximum atomic E-state index is 10.6. The van der Waals surface area contributed by atoms with Crippen LogP contribution >= 0.6 is 0 Å². The van der Waals surface area contributed by atoms with E-state index in [1.807, 2.05) is 0 Å². The van der Waals surface area contributed by atoms with Crippen LogP contribution in [-0.2, 0) is 14.6 Å². The maximum Gasteiger partial charge on any atom is 0.147 e. The minimum Gasteiger partial charge on any atom is -0.300 e. The zero-order chi connectivity index (χ0) is 7.78. The lowest BCUT2D eigenvalue weighted by atomic mass is 9.86. The number of sulfone groups is 1. The van der Waals surface area contributed by atoms with Crippen molar-refractivity contribution in [2.24, 2.45) is 5.92 Å². The van der Waals surface area contributed by atoms with Crippen molar-refractivity contribution in [1.82, 2.24) is 0 Å². The molecule has 0 aromatic heterocycles. The second-order valence-electron chi connectivity index (χ2n) is 2.91. The first-order valence-electron chi connectivity index (χ1n) is 3.17. The van der Waals surface area contributed by atoms with E-state index < -0.39 is 9.84 Å². The summed E-state index contributed by atoms with van der Waals surface area (Å²) in [5.41, 5.74) is 0. The van der Waals surface area contributed by atoms with Gasteiger partial charge in [0.2, 0.25) is 0 Å². The molecule has 0 aromatic carbocycles. The lowest BCUT2D eigenvalue weighted by Crippen LogP contribution is -2.29. The molecule has 1 saturated carbocycles. The summed E-state index contributed by atoms with van der Waals surface area (Å²) < 4.78 is 21.3. The van der Waals surface area contributed by atoms with Gasteiger partial charge < -0.3 is 0 Å². The van der Waals surface area contributed by atoms with Gasteiger partial charge in [-0.2, -0.15) is 0 Å². The van der Waals surface area contributed by atoms with Crippen molar-refractivity contribution in [2.45, 2.75) is 12.8 Å². The first kappa shape index (κ1) is 7.72. The summed E-state index contributed by atoms with van der Waals surface area (Å²) in [5.74, 6) is 0.481. The van der Waals surface area contributed by atoms with Gasteiger partial charge in [-0.15, -0.1) is 0 Å². The molecule has 0 heterocycles. The number of rotatable bonds is 2. The fourth-order valence-electron chi connectivity index (χ4n) is 1.13. The summed E-state index contributed by atoms with van der Waals surface area (Å²) in [4.78, 5) is 10.4. The van der Waals surface area contributed by atoms with Crippen molar-refractivity contribution in [3.05, 3.63) is 0 Å². The molecule has 10 heavy (non-hydrogen) atoms. The molecule has 0 aliphatic heterocycles. The van der Waals surface area contributed by atoms with Crippen LogP contribution in [0.3, 0.4) is 0 Å². The highest BCUT2D eigenvalue weighted by Gasteiger charge is 2.28.